The molecule has 0 saturated heterocycles. The van der Waals surface area contributed by atoms with E-state index in [0.717, 1.165) is 22.3 Å². The summed E-state index contributed by atoms with van der Waals surface area (Å²) in [7, 11) is 0. The van der Waals surface area contributed by atoms with Crippen molar-refractivity contribution in [2.24, 2.45) is 11.1 Å². The fourth-order valence-electron chi connectivity index (χ4n) is 8.77. The van der Waals surface area contributed by atoms with Gasteiger partial charge in [-0.15, -0.1) is 0 Å². The number of hydrogen-bond donors (Lipinski definition) is 3. The highest BCUT2D eigenvalue weighted by atomic mass is 16.3. The van der Waals surface area contributed by atoms with Gasteiger partial charge in [-0.3, -0.25) is 9.59 Å². The topological polar surface area (TPSA) is 104 Å². The summed E-state index contributed by atoms with van der Waals surface area (Å²) in [6.45, 7) is 0. The van der Waals surface area contributed by atoms with Crippen LogP contribution in [0.5, 0.6) is 0 Å². The fourth-order valence-corrected chi connectivity index (χ4v) is 8.77. The molecule has 0 radical (unpaired) electrons. The van der Waals surface area contributed by atoms with E-state index in [9.17, 15) is 15.0 Å². The smallest absolute Gasteiger partial charge is 0.239 e. The van der Waals surface area contributed by atoms with Gasteiger partial charge in [0.05, 0.1) is 23.3 Å². The summed E-state index contributed by atoms with van der Waals surface area (Å²) in [5.74, 6) is -1.18. The van der Waals surface area contributed by atoms with E-state index in [0.29, 0.717) is 17.5 Å². The molecule has 56 heavy (non-hydrogen) atoms. The van der Waals surface area contributed by atoms with Crippen LogP contribution in [0.25, 0.3) is 0 Å². The molecule has 2 unspecified atom stereocenters. The van der Waals surface area contributed by atoms with Gasteiger partial charge < -0.3 is 20.8 Å². The molecule has 0 aliphatic heterocycles. The van der Waals surface area contributed by atoms with Crippen molar-refractivity contribution in [2.75, 3.05) is 0 Å². The average Bonchev–Trinajstić information content (AvgIpc) is 3.19. The predicted molar refractivity (Wildman–Crippen MR) is 221 cm³/mol. The molecule has 1 aliphatic carbocycles. The summed E-state index contributed by atoms with van der Waals surface area (Å²) in [4.78, 5) is 31.4. The summed E-state index contributed by atoms with van der Waals surface area (Å²) < 4.78 is 0. The van der Waals surface area contributed by atoms with Crippen LogP contribution in [0.3, 0.4) is 0 Å². The zero-order valence-corrected chi connectivity index (χ0v) is 31.7. The molecular weight excluding hydrogens is 693 g/mol. The Hall–Kier alpha value is -5.82. The van der Waals surface area contributed by atoms with Crippen molar-refractivity contribution >= 4 is 11.8 Å². The van der Waals surface area contributed by atoms with Crippen molar-refractivity contribution in [3.8, 4) is 0 Å². The Morgan fingerprint density at radius 3 is 1.00 bits per heavy atom. The number of carbonyl (C=O) groups is 2. The zero-order valence-electron chi connectivity index (χ0n) is 31.7. The van der Waals surface area contributed by atoms with Crippen LogP contribution in [0.1, 0.15) is 64.7 Å². The van der Waals surface area contributed by atoms with Crippen LogP contribution in [0, 0.1) is 5.41 Å². The lowest BCUT2D eigenvalue weighted by atomic mass is 9.65. The van der Waals surface area contributed by atoms with Gasteiger partial charge in [-0.1, -0.05) is 188 Å². The first-order chi connectivity index (χ1) is 27.2. The summed E-state index contributed by atoms with van der Waals surface area (Å²) in [6.07, 6.45) is 1.92. The van der Waals surface area contributed by atoms with Crippen molar-refractivity contribution in [1.82, 2.24) is 4.90 Å². The standard InChI is InChI=1S/C50H50N2O4/c51-46(53)48(32-19-33-48)47(54)52(44(42-28-15-5-16-29-42)49(55,34-38-20-7-1-8-21-38)35-39-22-9-2-10-23-39)45(43-30-17-6-18-31-43)50(56,36-40-24-11-3-12-25-40)37-41-26-13-4-14-27-41/h1-18,20-31,44-45,55-56H,19,32-37H2,(H2,51,53). The lowest BCUT2D eigenvalue weighted by molar-refractivity contribution is -0.177. The Morgan fingerprint density at radius 1 is 0.500 bits per heavy atom. The number of carbonyl (C=O) groups excluding carboxylic acids is 2. The highest BCUT2D eigenvalue weighted by Crippen LogP contribution is 2.52. The van der Waals surface area contributed by atoms with E-state index < -0.39 is 40.5 Å². The molecule has 1 saturated carbocycles. The number of amides is 2. The maximum Gasteiger partial charge on any atom is 0.239 e. The number of hydrogen-bond acceptors (Lipinski definition) is 4. The lowest BCUT2D eigenvalue weighted by Crippen LogP contribution is -2.63. The number of rotatable bonds is 16. The van der Waals surface area contributed by atoms with Crippen LogP contribution in [0.2, 0.25) is 0 Å². The number of nitrogens with two attached hydrogens (primary N) is 1. The highest BCUT2D eigenvalue weighted by Gasteiger charge is 2.59. The number of primary amides is 1. The van der Waals surface area contributed by atoms with E-state index in [4.69, 9.17) is 5.73 Å². The minimum absolute atomic E-state index is 0.174. The lowest BCUT2D eigenvalue weighted by Gasteiger charge is -2.54. The molecule has 1 fully saturated rings. The van der Waals surface area contributed by atoms with Crippen LogP contribution in [-0.2, 0) is 35.3 Å². The minimum Gasteiger partial charge on any atom is -0.387 e. The van der Waals surface area contributed by atoms with E-state index in [1.807, 2.05) is 182 Å². The second-order valence-electron chi connectivity index (χ2n) is 15.5. The van der Waals surface area contributed by atoms with Gasteiger partial charge in [0.15, 0.2) is 0 Å². The van der Waals surface area contributed by atoms with Crippen molar-refractivity contribution in [1.29, 1.82) is 0 Å². The van der Waals surface area contributed by atoms with Gasteiger partial charge in [0.2, 0.25) is 11.8 Å². The molecule has 6 aromatic rings. The molecule has 0 bridgehead atoms. The summed E-state index contributed by atoms with van der Waals surface area (Å²) >= 11 is 0. The van der Waals surface area contributed by atoms with Crippen LogP contribution >= 0.6 is 0 Å². The molecule has 6 heteroatoms. The maximum absolute atomic E-state index is 16.0. The van der Waals surface area contributed by atoms with Gasteiger partial charge >= 0.3 is 0 Å². The predicted octanol–water partition coefficient (Wildman–Crippen LogP) is 8.39. The van der Waals surface area contributed by atoms with Gasteiger partial charge in [0.25, 0.3) is 0 Å². The molecule has 6 nitrogen and oxygen atoms in total. The first kappa shape index (κ1) is 38.5. The first-order valence-corrected chi connectivity index (χ1v) is 19.5. The molecular formula is C50H50N2O4. The van der Waals surface area contributed by atoms with Gasteiger partial charge in [-0.25, -0.2) is 0 Å². The fraction of sp³-hybridized carbons (Fsp3) is 0.240. The normalized spacial score (nSPS) is 14.9. The Morgan fingerprint density at radius 2 is 0.768 bits per heavy atom. The molecule has 7 rings (SSSR count). The molecule has 2 amide bonds. The second-order valence-corrected chi connectivity index (χ2v) is 15.5. The summed E-state index contributed by atoms with van der Waals surface area (Å²) in [5, 5.41) is 27.6. The monoisotopic (exact) mass is 742 g/mol. The summed E-state index contributed by atoms with van der Waals surface area (Å²) in [5.41, 5.74) is 6.31. The van der Waals surface area contributed by atoms with Gasteiger partial charge in [-0.05, 0) is 46.2 Å². The minimum atomic E-state index is -1.66. The largest absolute Gasteiger partial charge is 0.387 e. The molecule has 0 heterocycles. The summed E-state index contributed by atoms with van der Waals surface area (Å²) in [6, 6.07) is 56.2. The Balaban J connectivity index is 1.55. The second kappa shape index (κ2) is 16.9. The first-order valence-electron chi connectivity index (χ1n) is 19.5. The van der Waals surface area contributed by atoms with E-state index in [2.05, 4.69) is 0 Å². The number of benzene rings is 6. The average molecular weight is 743 g/mol. The van der Waals surface area contributed by atoms with Gasteiger partial charge in [0, 0.05) is 25.7 Å². The molecule has 4 N–H and O–H groups in total. The zero-order chi connectivity index (χ0) is 39.0. The van der Waals surface area contributed by atoms with Crippen molar-refractivity contribution in [3.05, 3.63) is 215 Å². The van der Waals surface area contributed by atoms with Gasteiger partial charge in [0.1, 0.15) is 5.41 Å². The third-order valence-corrected chi connectivity index (χ3v) is 11.5. The third-order valence-electron chi connectivity index (χ3n) is 11.5. The van der Waals surface area contributed by atoms with Crippen molar-refractivity contribution in [3.63, 3.8) is 0 Å². The van der Waals surface area contributed by atoms with Gasteiger partial charge in [-0.2, -0.15) is 0 Å². The SMILES string of the molecule is NC(=O)C1(C(=O)N(C(c2ccccc2)C(O)(Cc2ccccc2)Cc2ccccc2)C(c2ccccc2)C(O)(Cc2ccccc2)Cc2ccccc2)CCC1. The molecule has 6 aromatic carbocycles. The van der Waals surface area contributed by atoms with Crippen LogP contribution in [0.15, 0.2) is 182 Å². The van der Waals surface area contributed by atoms with Crippen LogP contribution in [-0.4, -0.2) is 38.1 Å². The van der Waals surface area contributed by atoms with E-state index in [1.165, 1.54) is 0 Å². The van der Waals surface area contributed by atoms with E-state index in [1.54, 1.807) is 4.90 Å². The van der Waals surface area contributed by atoms with Crippen LogP contribution < -0.4 is 5.73 Å². The molecule has 0 aromatic heterocycles. The van der Waals surface area contributed by atoms with Crippen LogP contribution in [0.4, 0.5) is 0 Å². The Bertz CT molecular complexity index is 1940. The number of aliphatic hydroxyl groups is 2. The molecule has 1 aliphatic rings. The Labute approximate surface area is 330 Å². The van der Waals surface area contributed by atoms with Crippen molar-refractivity contribution < 1.29 is 19.8 Å². The third kappa shape index (κ3) is 8.23. The quantitative estimate of drug-likeness (QED) is 0.0868. The van der Waals surface area contributed by atoms with E-state index >= 15 is 4.79 Å². The number of nitrogens with zero attached hydrogens (tertiary/aromatic N) is 1. The molecule has 2 atom stereocenters. The molecule has 0 spiro atoms. The highest BCUT2D eigenvalue weighted by molar-refractivity contribution is 6.05. The molecule has 284 valence electrons. The van der Waals surface area contributed by atoms with Crippen molar-refractivity contribution in [2.45, 2.75) is 68.2 Å². The maximum atomic E-state index is 16.0. The van der Waals surface area contributed by atoms with E-state index in [-0.39, 0.29) is 38.5 Å². The Kier molecular flexibility index (Phi) is 11.6.